The van der Waals surface area contributed by atoms with Crippen molar-refractivity contribution < 1.29 is 9.18 Å². The molecule has 1 aliphatic carbocycles. The van der Waals surface area contributed by atoms with Crippen LogP contribution in [0.4, 0.5) is 4.39 Å². The van der Waals surface area contributed by atoms with E-state index in [2.05, 4.69) is 5.32 Å². The average Bonchev–Trinajstić information content (AvgIpc) is 2.48. The maximum atomic E-state index is 13.1. The van der Waals surface area contributed by atoms with Crippen LogP contribution in [0.1, 0.15) is 37.7 Å². The summed E-state index contributed by atoms with van der Waals surface area (Å²) in [6.07, 6.45) is 4.90. The number of carbonyl (C=O) groups is 1. The van der Waals surface area contributed by atoms with Crippen molar-refractivity contribution in [2.45, 2.75) is 43.6 Å². The molecule has 3 nitrogen and oxygen atoms in total. The Bertz CT molecular complexity index is 502. The summed E-state index contributed by atoms with van der Waals surface area (Å²) in [7, 11) is 1.98. The Labute approximate surface area is 125 Å². The van der Waals surface area contributed by atoms with Gasteiger partial charge in [-0.25, -0.2) is 4.39 Å². The van der Waals surface area contributed by atoms with Crippen molar-refractivity contribution in [3.63, 3.8) is 0 Å². The highest BCUT2D eigenvalue weighted by atomic mass is 19.1. The third-order valence-corrected chi connectivity index (χ3v) is 5.20. The summed E-state index contributed by atoms with van der Waals surface area (Å²) in [6.45, 7) is 1.65. The molecule has 0 unspecified atom stereocenters. The predicted octanol–water partition coefficient (Wildman–Crippen LogP) is 2.46. The lowest BCUT2D eigenvalue weighted by atomic mass is 9.63. The van der Waals surface area contributed by atoms with E-state index >= 15 is 0 Å². The van der Waals surface area contributed by atoms with Crippen LogP contribution in [-0.4, -0.2) is 37.0 Å². The number of carbonyl (C=O) groups excluding carboxylic acids is 1. The lowest BCUT2D eigenvalue weighted by Gasteiger charge is -2.45. The van der Waals surface area contributed by atoms with E-state index in [9.17, 15) is 9.18 Å². The average molecular weight is 290 g/mol. The molecule has 0 spiro atoms. The first-order chi connectivity index (χ1) is 10.2. The molecule has 1 saturated heterocycles. The Morgan fingerprint density at radius 1 is 1.24 bits per heavy atom. The molecule has 1 amide bonds. The molecule has 0 radical (unpaired) electrons. The summed E-state index contributed by atoms with van der Waals surface area (Å²) < 4.78 is 13.1. The van der Waals surface area contributed by atoms with Crippen molar-refractivity contribution in [2.24, 2.45) is 0 Å². The van der Waals surface area contributed by atoms with E-state index in [0.29, 0.717) is 6.04 Å². The van der Waals surface area contributed by atoms with Gasteiger partial charge in [0.1, 0.15) is 5.82 Å². The molecule has 0 aromatic heterocycles. The van der Waals surface area contributed by atoms with Crippen LogP contribution in [0.2, 0.25) is 0 Å². The van der Waals surface area contributed by atoms with Gasteiger partial charge in [0, 0.05) is 19.1 Å². The smallest absolute Gasteiger partial charge is 0.233 e. The normalized spacial score (nSPS) is 21.9. The molecule has 1 aromatic rings. The Hall–Kier alpha value is -1.42. The summed E-state index contributed by atoms with van der Waals surface area (Å²) in [5.74, 6) is 0.00502. The quantitative estimate of drug-likeness (QED) is 0.927. The van der Waals surface area contributed by atoms with Crippen molar-refractivity contribution in [1.82, 2.24) is 10.2 Å². The van der Waals surface area contributed by atoms with Crippen LogP contribution < -0.4 is 5.32 Å². The van der Waals surface area contributed by atoms with E-state index in [1.165, 1.54) is 12.1 Å². The second kappa shape index (κ2) is 5.76. The summed E-state index contributed by atoms with van der Waals surface area (Å²) >= 11 is 0. The largest absolute Gasteiger partial charge is 0.342 e. The Morgan fingerprint density at radius 2 is 1.86 bits per heavy atom. The van der Waals surface area contributed by atoms with Crippen molar-refractivity contribution in [2.75, 3.05) is 20.1 Å². The number of nitrogens with one attached hydrogen (secondary N) is 1. The first kappa shape index (κ1) is 14.5. The maximum Gasteiger partial charge on any atom is 0.233 e. The molecule has 114 valence electrons. The fourth-order valence-corrected chi connectivity index (χ4v) is 3.60. The molecular weight excluding hydrogens is 267 g/mol. The summed E-state index contributed by atoms with van der Waals surface area (Å²) in [4.78, 5) is 15.0. The summed E-state index contributed by atoms with van der Waals surface area (Å²) in [5, 5.41) is 3.29. The van der Waals surface area contributed by atoms with Gasteiger partial charge in [0.15, 0.2) is 0 Å². The zero-order valence-corrected chi connectivity index (χ0v) is 12.6. The minimum absolute atomic E-state index is 0.240. The van der Waals surface area contributed by atoms with Gasteiger partial charge in [-0.1, -0.05) is 18.6 Å². The molecule has 0 bridgehead atoms. The number of piperidine rings is 1. The second-order valence-corrected chi connectivity index (χ2v) is 6.30. The van der Waals surface area contributed by atoms with Gasteiger partial charge >= 0.3 is 0 Å². The van der Waals surface area contributed by atoms with Gasteiger partial charge in [-0.15, -0.1) is 0 Å². The molecule has 1 aromatic carbocycles. The maximum absolute atomic E-state index is 13.1. The molecule has 1 aliphatic heterocycles. The van der Waals surface area contributed by atoms with Crippen LogP contribution in [0.25, 0.3) is 0 Å². The fraction of sp³-hybridized carbons (Fsp3) is 0.588. The van der Waals surface area contributed by atoms with Gasteiger partial charge in [0.05, 0.1) is 5.41 Å². The summed E-state index contributed by atoms with van der Waals surface area (Å²) in [6, 6.07) is 7.03. The summed E-state index contributed by atoms with van der Waals surface area (Å²) in [5.41, 5.74) is 0.594. The lowest BCUT2D eigenvalue weighted by Crippen LogP contribution is -2.54. The minimum Gasteiger partial charge on any atom is -0.342 e. The van der Waals surface area contributed by atoms with Gasteiger partial charge in [0.25, 0.3) is 0 Å². The highest BCUT2D eigenvalue weighted by Crippen LogP contribution is 2.45. The highest BCUT2D eigenvalue weighted by molar-refractivity contribution is 5.89. The molecule has 4 heteroatoms. The molecule has 1 heterocycles. The number of nitrogens with zero attached hydrogens (tertiary/aromatic N) is 1. The topological polar surface area (TPSA) is 32.3 Å². The van der Waals surface area contributed by atoms with Crippen LogP contribution in [0.5, 0.6) is 0 Å². The fourth-order valence-electron chi connectivity index (χ4n) is 3.60. The van der Waals surface area contributed by atoms with Gasteiger partial charge < -0.3 is 10.2 Å². The number of benzene rings is 1. The SMILES string of the molecule is CNC1CCN(C(=O)C2(c3ccc(F)cc3)CCC2)CC1. The first-order valence-corrected chi connectivity index (χ1v) is 7.88. The molecule has 0 atom stereocenters. The molecule has 1 saturated carbocycles. The third-order valence-electron chi connectivity index (χ3n) is 5.20. The van der Waals surface area contributed by atoms with Crippen molar-refractivity contribution in [3.05, 3.63) is 35.6 Å². The third kappa shape index (κ3) is 2.57. The number of hydrogen-bond acceptors (Lipinski definition) is 2. The van der Waals surface area contributed by atoms with Gasteiger partial charge in [-0.05, 0) is 50.4 Å². The highest BCUT2D eigenvalue weighted by Gasteiger charge is 2.47. The van der Waals surface area contributed by atoms with Crippen molar-refractivity contribution in [1.29, 1.82) is 0 Å². The number of halogens is 1. The van der Waals surface area contributed by atoms with Gasteiger partial charge in [-0.2, -0.15) is 0 Å². The molecule has 1 N–H and O–H groups in total. The standard InChI is InChI=1S/C17H23FN2O/c1-19-15-7-11-20(12-8-15)16(21)17(9-2-10-17)13-3-5-14(18)6-4-13/h3-6,15,19H,2,7-12H2,1H3. The molecule has 2 aliphatic rings. The van der Waals surface area contributed by atoms with Gasteiger partial charge in [-0.3, -0.25) is 4.79 Å². The Balaban J connectivity index is 1.77. The lowest BCUT2D eigenvalue weighted by molar-refractivity contribution is -0.142. The van der Waals surface area contributed by atoms with E-state index in [1.807, 2.05) is 11.9 Å². The van der Waals surface area contributed by atoms with E-state index in [4.69, 9.17) is 0 Å². The van der Waals surface area contributed by atoms with E-state index < -0.39 is 0 Å². The Morgan fingerprint density at radius 3 is 2.33 bits per heavy atom. The van der Waals surface area contributed by atoms with Crippen LogP contribution in [0, 0.1) is 5.82 Å². The zero-order valence-electron chi connectivity index (χ0n) is 12.6. The van der Waals surface area contributed by atoms with Crippen LogP contribution in [0.15, 0.2) is 24.3 Å². The number of rotatable bonds is 3. The first-order valence-electron chi connectivity index (χ1n) is 7.88. The minimum atomic E-state index is -0.389. The van der Waals surface area contributed by atoms with Crippen molar-refractivity contribution >= 4 is 5.91 Å². The van der Waals surface area contributed by atoms with E-state index in [0.717, 1.165) is 50.8 Å². The molecular formula is C17H23FN2O. The monoisotopic (exact) mass is 290 g/mol. The van der Waals surface area contributed by atoms with Crippen molar-refractivity contribution in [3.8, 4) is 0 Å². The molecule has 21 heavy (non-hydrogen) atoms. The van der Waals surface area contributed by atoms with Crippen LogP contribution >= 0.6 is 0 Å². The number of amides is 1. The second-order valence-electron chi connectivity index (χ2n) is 6.30. The molecule has 3 rings (SSSR count). The zero-order chi connectivity index (χ0) is 14.9. The van der Waals surface area contributed by atoms with Crippen LogP contribution in [0.3, 0.4) is 0 Å². The molecule has 2 fully saturated rings. The van der Waals surface area contributed by atoms with Crippen LogP contribution in [-0.2, 0) is 10.2 Å². The van der Waals surface area contributed by atoms with Gasteiger partial charge in [0.2, 0.25) is 5.91 Å². The van der Waals surface area contributed by atoms with E-state index in [1.54, 1.807) is 12.1 Å². The van der Waals surface area contributed by atoms with E-state index in [-0.39, 0.29) is 17.1 Å². The number of likely N-dealkylation sites (tertiary alicyclic amines) is 1. The Kier molecular flexibility index (Phi) is 3.98. The number of hydrogen-bond donors (Lipinski definition) is 1. The predicted molar refractivity (Wildman–Crippen MR) is 80.6 cm³/mol.